The van der Waals surface area contributed by atoms with Gasteiger partial charge in [-0.1, -0.05) is 24.3 Å². The molecule has 0 N–H and O–H groups in total. The molecule has 1 aromatic heterocycles. The molecule has 3 rings (SSSR count). The molecular weight excluding hydrogens is 280 g/mol. The van der Waals surface area contributed by atoms with E-state index in [1.165, 1.54) is 0 Å². The second-order valence-corrected chi connectivity index (χ2v) is 5.05. The standard InChI is InChI=1S/C17H18N2O3/c1-2-21-17(20)16-11-15(13-7-6-10-18-12-13)19(22-16)14-8-4-3-5-9-14/h3-10,12,15-16H,2,11H2,1H3/t15-,16-/m0/s1. The summed E-state index contributed by atoms with van der Waals surface area (Å²) in [4.78, 5) is 22.0. The molecule has 0 aliphatic carbocycles. The van der Waals surface area contributed by atoms with Gasteiger partial charge in [0.2, 0.25) is 0 Å². The first-order valence-corrected chi connectivity index (χ1v) is 7.37. The molecule has 1 saturated heterocycles. The minimum Gasteiger partial charge on any atom is -0.464 e. The van der Waals surface area contributed by atoms with Crippen LogP contribution in [0.25, 0.3) is 0 Å². The normalized spacial score (nSPS) is 20.9. The summed E-state index contributed by atoms with van der Waals surface area (Å²) in [5, 5.41) is 1.78. The number of ether oxygens (including phenoxy) is 1. The van der Waals surface area contributed by atoms with Crippen LogP contribution in [0.15, 0.2) is 54.9 Å². The molecule has 2 heterocycles. The molecule has 0 unspecified atom stereocenters. The molecule has 1 aromatic carbocycles. The lowest BCUT2D eigenvalue weighted by Crippen LogP contribution is -2.26. The number of carbonyl (C=O) groups is 1. The van der Waals surface area contributed by atoms with Gasteiger partial charge in [0.25, 0.3) is 0 Å². The molecule has 1 aliphatic rings. The largest absolute Gasteiger partial charge is 0.464 e. The van der Waals surface area contributed by atoms with Gasteiger partial charge >= 0.3 is 5.97 Å². The van der Waals surface area contributed by atoms with Crippen molar-refractivity contribution in [1.82, 2.24) is 4.98 Å². The Kier molecular flexibility index (Phi) is 4.34. The Morgan fingerprint density at radius 1 is 1.32 bits per heavy atom. The van der Waals surface area contributed by atoms with E-state index in [1.54, 1.807) is 24.4 Å². The van der Waals surface area contributed by atoms with Gasteiger partial charge in [-0.25, -0.2) is 9.86 Å². The van der Waals surface area contributed by atoms with Gasteiger partial charge in [0, 0.05) is 18.8 Å². The van der Waals surface area contributed by atoms with Gasteiger partial charge in [-0.05, 0) is 30.7 Å². The number of hydrogen-bond donors (Lipinski definition) is 0. The predicted molar refractivity (Wildman–Crippen MR) is 82.0 cm³/mol. The zero-order valence-electron chi connectivity index (χ0n) is 12.4. The van der Waals surface area contributed by atoms with Crippen molar-refractivity contribution in [3.63, 3.8) is 0 Å². The molecule has 0 saturated carbocycles. The molecule has 22 heavy (non-hydrogen) atoms. The Labute approximate surface area is 129 Å². The number of esters is 1. The zero-order valence-corrected chi connectivity index (χ0v) is 12.4. The van der Waals surface area contributed by atoms with Crippen molar-refractivity contribution in [2.24, 2.45) is 0 Å². The van der Waals surface area contributed by atoms with Gasteiger partial charge in [0.1, 0.15) is 0 Å². The van der Waals surface area contributed by atoms with Gasteiger partial charge in [-0.2, -0.15) is 0 Å². The van der Waals surface area contributed by atoms with Crippen molar-refractivity contribution in [1.29, 1.82) is 0 Å². The van der Waals surface area contributed by atoms with Crippen LogP contribution in [0.1, 0.15) is 24.9 Å². The van der Waals surface area contributed by atoms with E-state index in [0.717, 1.165) is 11.3 Å². The number of aromatic nitrogens is 1. The summed E-state index contributed by atoms with van der Waals surface area (Å²) in [6, 6.07) is 13.6. The number of para-hydroxylation sites is 1. The van der Waals surface area contributed by atoms with E-state index in [2.05, 4.69) is 4.98 Å². The first-order valence-electron chi connectivity index (χ1n) is 7.37. The molecule has 5 nitrogen and oxygen atoms in total. The Hall–Kier alpha value is -2.40. The van der Waals surface area contributed by atoms with Crippen molar-refractivity contribution in [3.8, 4) is 0 Å². The number of hydrogen-bond acceptors (Lipinski definition) is 5. The van der Waals surface area contributed by atoms with E-state index in [1.807, 2.05) is 42.5 Å². The summed E-state index contributed by atoms with van der Waals surface area (Å²) in [5.74, 6) is -0.324. The molecular formula is C17H18N2O3. The average molecular weight is 298 g/mol. The maximum atomic E-state index is 12.0. The maximum absolute atomic E-state index is 12.0. The van der Waals surface area contributed by atoms with E-state index in [0.29, 0.717) is 13.0 Å². The third-order valence-corrected chi connectivity index (χ3v) is 3.59. The smallest absolute Gasteiger partial charge is 0.338 e. The lowest BCUT2D eigenvalue weighted by atomic mass is 10.0. The SMILES string of the molecule is CCOC(=O)[C@@H]1C[C@@H](c2cccnc2)N(c2ccccc2)O1. The highest BCUT2D eigenvalue weighted by Gasteiger charge is 2.39. The van der Waals surface area contributed by atoms with Gasteiger partial charge in [-0.3, -0.25) is 9.82 Å². The Bertz CT molecular complexity index is 571. The van der Waals surface area contributed by atoms with Crippen molar-refractivity contribution in [2.75, 3.05) is 11.7 Å². The number of carbonyl (C=O) groups excluding carboxylic acids is 1. The van der Waals surface area contributed by atoms with Crippen LogP contribution in [0.4, 0.5) is 5.69 Å². The molecule has 5 heteroatoms. The molecule has 0 amide bonds. The molecule has 1 fully saturated rings. The molecule has 2 atom stereocenters. The van der Waals surface area contributed by atoms with Crippen LogP contribution in [0.5, 0.6) is 0 Å². The fourth-order valence-electron chi connectivity index (χ4n) is 2.59. The van der Waals surface area contributed by atoms with Gasteiger partial charge < -0.3 is 4.74 Å². The number of benzene rings is 1. The quantitative estimate of drug-likeness (QED) is 0.812. The number of nitrogens with zero attached hydrogens (tertiary/aromatic N) is 2. The predicted octanol–water partition coefficient (Wildman–Crippen LogP) is 2.90. The van der Waals surface area contributed by atoms with Crippen molar-refractivity contribution in [3.05, 3.63) is 60.4 Å². The number of pyridine rings is 1. The molecule has 0 spiro atoms. The minimum atomic E-state index is -0.592. The maximum Gasteiger partial charge on any atom is 0.338 e. The lowest BCUT2D eigenvalue weighted by molar-refractivity contribution is -0.154. The summed E-state index contributed by atoms with van der Waals surface area (Å²) in [6.45, 7) is 2.14. The first-order chi connectivity index (χ1) is 10.8. The summed E-state index contributed by atoms with van der Waals surface area (Å²) in [5.41, 5.74) is 1.92. The monoisotopic (exact) mass is 298 g/mol. The van der Waals surface area contributed by atoms with Gasteiger partial charge in [0.05, 0.1) is 18.3 Å². The fourth-order valence-corrected chi connectivity index (χ4v) is 2.59. The van der Waals surface area contributed by atoms with Crippen molar-refractivity contribution in [2.45, 2.75) is 25.5 Å². The Morgan fingerprint density at radius 3 is 2.82 bits per heavy atom. The molecule has 0 radical (unpaired) electrons. The topological polar surface area (TPSA) is 51.7 Å². The lowest BCUT2D eigenvalue weighted by Gasteiger charge is -2.24. The average Bonchev–Trinajstić information content (AvgIpc) is 3.02. The highest BCUT2D eigenvalue weighted by Crippen LogP contribution is 2.37. The fraction of sp³-hybridized carbons (Fsp3) is 0.294. The Balaban J connectivity index is 1.89. The third-order valence-electron chi connectivity index (χ3n) is 3.59. The van der Waals surface area contributed by atoms with Gasteiger partial charge in [0.15, 0.2) is 6.10 Å². The summed E-state index contributed by atoms with van der Waals surface area (Å²) >= 11 is 0. The zero-order chi connectivity index (χ0) is 15.4. The van der Waals surface area contributed by atoms with Crippen LogP contribution in [0.2, 0.25) is 0 Å². The highest BCUT2D eigenvalue weighted by molar-refractivity contribution is 5.75. The van der Waals surface area contributed by atoms with Crippen LogP contribution in [-0.4, -0.2) is 23.7 Å². The number of rotatable bonds is 4. The summed E-state index contributed by atoms with van der Waals surface area (Å²) in [7, 11) is 0. The van der Waals surface area contributed by atoms with E-state index in [4.69, 9.17) is 9.57 Å². The molecule has 0 bridgehead atoms. The van der Waals surface area contributed by atoms with E-state index >= 15 is 0 Å². The first kappa shape index (κ1) is 14.5. The van der Waals surface area contributed by atoms with Gasteiger partial charge in [-0.15, -0.1) is 0 Å². The molecule has 2 aromatic rings. The van der Waals surface area contributed by atoms with Crippen molar-refractivity contribution < 1.29 is 14.4 Å². The van der Waals surface area contributed by atoms with Crippen LogP contribution < -0.4 is 5.06 Å². The second-order valence-electron chi connectivity index (χ2n) is 5.05. The molecule has 114 valence electrons. The van der Waals surface area contributed by atoms with Crippen LogP contribution in [0, 0.1) is 0 Å². The minimum absolute atomic E-state index is 0.0643. The van der Waals surface area contributed by atoms with Crippen LogP contribution >= 0.6 is 0 Å². The van der Waals surface area contributed by atoms with Crippen LogP contribution in [0.3, 0.4) is 0 Å². The van der Waals surface area contributed by atoms with E-state index in [-0.39, 0.29) is 12.0 Å². The third kappa shape index (κ3) is 2.94. The Morgan fingerprint density at radius 2 is 2.14 bits per heavy atom. The molecule has 1 aliphatic heterocycles. The van der Waals surface area contributed by atoms with Crippen molar-refractivity contribution >= 4 is 11.7 Å². The summed E-state index contributed by atoms with van der Waals surface area (Å²) < 4.78 is 5.09. The van der Waals surface area contributed by atoms with E-state index in [9.17, 15) is 4.79 Å². The number of anilines is 1. The van der Waals surface area contributed by atoms with Crippen LogP contribution in [-0.2, 0) is 14.4 Å². The summed E-state index contributed by atoms with van der Waals surface area (Å²) in [6.07, 6.45) is 3.48. The second kappa shape index (κ2) is 6.58. The number of hydroxylamine groups is 1. The van der Waals surface area contributed by atoms with E-state index < -0.39 is 6.10 Å². The highest BCUT2D eigenvalue weighted by atomic mass is 16.7.